The smallest absolute Gasteiger partial charge is 0.255 e. The summed E-state index contributed by atoms with van der Waals surface area (Å²) in [5.74, 6) is -0.730. The molecule has 0 saturated carbocycles. The van der Waals surface area contributed by atoms with Crippen LogP contribution in [-0.4, -0.2) is 24.2 Å². The zero-order chi connectivity index (χ0) is 18.1. The van der Waals surface area contributed by atoms with Crippen LogP contribution in [0, 0.1) is 5.82 Å². The van der Waals surface area contributed by atoms with Crippen molar-refractivity contribution in [3.63, 3.8) is 0 Å². The summed E-state index contributed by atoms with van der Waals surface area (Å²) in [7, 11) is 1.52. The number of fused-ring (bicyclic) bond motifs is 1. The number of carbonyl (C=O) groups is 1. The highest BCUT2D eigenvalue weighted by Crippen LogP contribution is 2.37. The Labute approximate surface area is 144 Å². The van der Waals surface area contributed by atoms with Gasteiger partial charge in [0.2, 0.25) is 0 Å². The van der Waals surface area contributed by atoms with Crippen LogP contribution in [0.25, 0.3) is 22.3 Å². The highest BCUT2D eigenvalue weighted by molar-refractivity contribution is 6.11. The predicted molar refractivity (Wildman–Crippen MR) is 92.4 cm³/mol. The van der Waals surface area contributed by atoms with Gasteiger partial charge in [-0.3, -0.25) is 4.79 Å². The van der Waals surface area contributed by atoms with Crippen LogP contribution in [-0.2, 0) is 0 Å². The quantitative estimate of drug-likeness (QED) is 0.748. The number of hydrogen-bond acceptors (Lipinski definition) is 4. The van der Waals surface area contributed by atoms with Crippen LogP contribution < -0.4 is 10.1 Å². The van der Waals surface area contributed by atoms with Gasteiger partial charge >= 0.3 is 0 Å². The van der Waals surface area contributed by atoms with Gasteiger partial charge in [-0.05, 0) is 50.2 Å². The molecule has 1 amide bonds. The van der Waals surface area contributed by atoms with Crippen molar-refractivity contribution in [2.75, 3.05) is 7.05 Å². The summed E-state index contributed by atoms with van der Waals surface area (Å²) in [6.07, 6.45) is -0.0127. The molecule has 0 aliphatic heterocycles. The second-order valence-corrected chi connectivity index (χ2v) is 5.88. The molecule has 5 nitrogen and oxygen atoms in total. The Morgan fingerprint density at radius 1 is 1.24 bits per heavy atom. The number of aromatic hydroxyl groups is 1. The van der Waals surface area contributed by atoms with Crippen molar-refractivity contribution in [3.8, 4) is 22.8 Å². The number of hydrogen-bond donors (Lipinski definition) is 2. The summed E-state index contributed by atoms with van der Waals surface area (Å²) in [6.45, 7) is 3.82. The maximum Gasteiger partial charge on any atom is 0.255 e. The van der Waals surface area contributed by atoms with Gasteiger partial charge in [0.1, 0.15) is 17.1 Å². The molecule has 25 heavy (non-hydrogen) atoms. The first-order valence-electron chi connectivity index (χ1n) is 7.85. The SMILES string of the molecule is CNC(=O)c1c(-c2ccc(F)c(O)c2)oc2ccc(OC(C)C)cc12. The molecule has 0 aliphatic carbocycles. The number of benzene rings is 2. The second-order valence-electron chi connectivity index (χ2n) is 5.88. The van der Waals surface area contributed by atoms with Gasteiger partial charge in [-0.1, -0.05) is 0 Å². The zero-order valence-corrected chi connectivity index (χ0v) is 14.1. The van der Waals surface area contributed by atoms with Crippen molar-refractivity contribution in [2.45, 2.75) is 20.0 Å². The number of carbonyl (C=O) groups excluding carboxylic acids is 1. The van der Waals surface area contributed by atoms with Gasteiger partial charge in [-0.2, -0.15) is 0 Å². The molecule has 1 aromatic heterocycles. The van der Waals surface area contributed by atoms with E-state index in [1.165, 1.54) is 19.2 Å². The zero-order valence-electron chi connectivity index (χ0n) is 14.1. The largest absolute Gasteiger partial charge is 0.505 e. The highest BCUT2D eigenvalue weighted by Gasteiger charge is 2.22. The Morgan fingerprint density at radius 2 is 2.00 bits per heavy atom. The number of nitrogens with one attached hydrogen (secondary N) is 1. The molecule has 0 aliphatic rings. The van der Waals surface area contributed by atoms with Crippen LogP contribution >= 0.6 is 0 Å². The van der Waals surface area contributed by atoms with Gasteiger partial charge in [0.05, 0.1) is 11.7 Å². The van der Waals surface area contributed by atoms with E-state index in [4.69, 9.17) is 9.15 Å². The third kappa shape index (κ3) is 3.15. The molecule has 0 atom stereocenters. The van der Waals surface area contributed by atoms with Gasteiger partial charge in [0, 0.05) is 18.0 Å². The van der Waals surface area contributed by atoms with Crippen LogP contribution in [0.3, 0.4) is 0 Å². The molecule has 0 saturated heterocycles. The minimum Gasteiger partial charge on any atom is -0.505 e. The van der Waals surface area contributed by atoms with Gasteiger partial charge in [-0.25, -0.2) is 4.39 Å². The second kappa shape index (κ2) is 6.47. The average Bonchev–Trinajstić information content (AvgIpc) is 2.94. The van der Waals surface area contributed by atoms with E-state index >= 15 is 0 Å². The van der Waals surface area contributed by atoms with E-state index in [0.29, 0.717) is 27.8 Å². The number of phenolic OH excluding ortho intramolecular Hbond substituents is 1. The molecule has 1 heterocycles. The van der Waals surface area contributed by atoms with Crippen LogP contribution in [0.4, 0.5) is 4.39 Å². The number of ether oxygens (including phenoxy) is 1. The Kier molecular flexibility index (Phi) is 4.35. The number of furan rings is 1. The molecule has 0 fully saturated rings. The molecular formula is C19H18FNO4. The number of phenols is 1. The Bertz CT molecular complexity index is 946. The summed E-state index contributed by atoms with van der Waals surface area (Å²) in [5, 5.41) is 12.8. The van der Waals surface area contributed by atoms with Crippen LogP contribution in [0.2, 0.25) is 0 Å². The van der Waals surface area contributed by atoms with E-state index in [1.807, 2.05) is 13.8 Å². The maximum absolute atomic E-state index is 13.3. The molecule has 0 radical (unpaired) electrons. The summed E-state index contributed by atoms with van der Waals surface area (Å²) >= 11 is 0. The number of halogens is 1. The summed E-state index contributed by atoms with van der Waals surface area (Å²) in [6, 6.07) is 9.00. The van der Waals surface area contributed by atoms with Crippen molar-refractivity contribution >= 4 is 16.9 Å². The fraction of sp³-hybridized carbons (Fsp3) is 0.211. The minimum atomic E-state index is -0.742. The van der Waals surface area contributed by atoms with Crippen LogP contribution in [0.1, 0.15) is 24.2 Å². The van der Waals surface area contributed by atoms with Gasteiger partial charge in [0.15, 0.2) is 11.6 Å². The van der Waals surface area contributed by atoms with Crippen LogP contribution in [0.5, 0.6) is 11.5 Å². The molecular weight excluding hydrogens is 325 g/mol. The van der Waals surface area contributed by atoms with Crippen molar-refractivity contribution in [1.29, 1.82) is 0 Å². The molecule has 0 spiro atoms. The Balaban J connectivity index is 2.23. The normalized spacial score (nSPS) is 11.1. The molecule has 2 N–H and O–H groups in total. The van der Waals surface area contributed by atoms with Gasteiger partial charge in [0.25, 0.3) is 5.91 Å². The average molecular weight is 343 g/mol. The molecule has 0 unspecified atom stereocenters. The van der Waals surface area contributed by atoms with Crippen molar-refractivity contribution in [3.05, 3.63) is 47.8 Å². The van der Waals surface area contributed by atoms with E-state index in [0.717, 1.165) is 6.07 Å². The third-order valence-corrected chi connectivity index (χ3v) is 3.69. The highest BCUT2D eigenvalue weighted by atomic mass is 19.1. The Hall–Kier alpha value is -3.02. The monoisotopic (exact) mass is 343 g/mol. The molecule has 6 heteroatoms. The number of amides is 1. The predicted octanol–water partition coefficient (Wildman–Crippen LogP) is 4.09. The minimum absolute atomic E-state index is 0.0127. The maximum atomic E-state index is 13.3. The third-order valence-electron chi connectivity index (χ3n) is 3.69. The first-order chi connectivity index (χ1) is 11.9. The molecule has 130 valence electrons. The molecule has 2 aromatic carbocycles. The van der Waals surface area contributed by atoms with Crippen molar-refractivity contribution < 1.29 is 23.4 Å². The first-order valence-corrected chi connectivity index (χ1v) is 7.85. The Morgan fingerprint density at radius 3 is 2.64 bits per heavy atom. The lowest BCUT2D eigenvalue weighted by atomic mass is 10.0. The first kappa shape index (κ1) is 16.8. The van der Waals surface area contributed by atoms with Gasteiger partial charge in [-0.15, -0.1) is 0 Å². The van der Waals surface area contributed by atoms with E-state index in [1.54, 1.807) is 18.2 Å². The van der Waals surface area contributed by atoms with E-state index < -0.39 is 11.6 Å². The lowest BCUT2D eigenvalue weighted by molar-refractivity contribution is 0.0964. The van der Waals surface area contributed by atoms with Crippen molar-refractivity contribution in [2.24, 2.45) is 0 Å². The lowest BCUT2D eigenvalue weighted by Crippen LogP contribution is -2.18. The summed E-state index contributed by atoms with van der Waals surface area (Å²) in [5.41, 5.74) is 1.20. The van der Waals surface area contributed by atoms with Crippen molar-refractivity contribution in [1.82, 2.24) is 5.32 Å². The van der Waals surface area contributed by atoms with E-state index in [9.17, 15) is 14.3 Å². The standard InChI is InChI=1S/C19H18FNO4/c1-10(2)24-12-5-7-16-13(9-12)17(19(23)21-3)18(25-16)11-4-6-14(20)15(22)8-11/h4-10,22H,1-3H3,(H,21,23). The van der Waals surface area contributed by atoms with E-state index in [2.05, 4.69) is 5.32 Å². The summed E-state index contributed by atoms with van der Waals surface area (Å²) in [4.78, 5) is 12.4. The topological polar surface area (TPSA) is 71.7 Å². The fourth-order valence-corrected chi connectivity index (χ4v) is 2.63. The molecule has 3 rings (SSSR count). The lowest BCUT2D eigenvalue weighted by Gasteiger charge is -2.09. The molecule has 0 bridgehead atoms. The van der Waals surface area contributed by atoms with Gasteiger partial charge < -0.3 is 19.6 Å². The summed E-state index contributed by atoms with van der Waals surface area (Å²) < 4.78 is 24.8. The van der Waals surface area contributed by atoms with E-state index in [-0.39, 0.29) is 17.8 Å². The molecule has 3 aromatic rings. The fourth-order valence-electron chi connectivity index (χ4n) is 2.63. The van der Waals surface area contributed by atoms with Crippen LogP contribution in [0.15, 0.2) is 40.8 Å². The number of rotatable bonds is 4.